The maximum atomic E-state index is 13.4. The molecule has 2 N–H and O–H groups in total. The molecule has 0 aliphatic carbocycles. The van der Waals surface area contributed by atoms with E-state index in [4.69, 9.17) is 17.3 Å². The molecule has 0 amide bonds. The van der Waals surface area contributed by atoms with E-state index in [1.807, 2.05) is 30.3 Å². The van der Waals surface area contributed by atoms with Crippen molar-refractivity contribution in [2.24, 2.45) is 5.73 Å². The Balaban J connectivity index is 1.64. The predicted molar refractivity (Wildman–Crippen MR) is 85.3 cm³/mol. The third-order valence-corrected chi connectivity index (χ3v) is 4.30. The first-order chi connectivity index (χ1) is 10.1. The highest BCUT2D eigenvalue weighted by Gasteiger charge is 2.20. The van der Waals surface area contributed by atoms with Gasteiger partial charge in [0.1, 0.15) is 5.82 Å². The molecule has 1 unspecified atom stereocenters. The lowest BCUT2D eigenvalue weighted by Crippen LogP contribution is -2.25. The quantitative estimate of drug-likeness (QED) is 0.927. The first-order valence-electron chi connectivity index (χ1n) is 7.18. The summed E-state index contributed by atoms with van der Waals surface area (Å²) < 4.78 is 13.4. The number of halogens is 2. The Morgan fingerprint density at radius 1 is 1.19 bits per heavy atom. The molecule has 2 aromatic rings. The summed E-state index contributed by atoms with van der Waals surface area (Å²) in [7, 11) is 0. The Kier molecular flexibility index (Phi) is 4.13. The summed E-state index contributed by atoms with van der Waals surface area (Å²) in [5.74, 6) is -0.178. The van der Waals surface area contributed by atoms with Gasteiger partial charge in [0.25, 0.3) is 0 Å². The van der Waals surface area contributed by atoms with Crippen LogP contribution >= 0.6 is 11.6 Å². The van der Waals surface area contributed by atoms with Gasteiger partial charge in [-0.15, -0.1) is 0 Å². The van der Waals surface area contributed by atoms with Crippen LogP contribution in [0.15, 0.2) is 42.5 Å². The number of hydrogen-bond donors (Lipinski definition) is 1. The highest BCUT2D eigenvalue weighted by molar-refractivity contribution is 6.30. The van der Waals surface area contributed by atoms with Gasteiger partial charge < -0.3 is 10.6 Å². The van der Waals surface area contributed by atoms with Crippen molar-refractivity contribution in [2.75, 3.05) is 18.0 Å². The van der Waals surface area contributed by atoms with Crippen LogP contribution in [0.5, 0.6) is 0 Å². The van der Waals surface area contributed by atoms with Gasteiger partial charge in [-0.05, 0) is 48.2 Å². The van der Waals surface area contributed by atoms with Crippen molar-refractivity contribution in [2.45, 2.75) is 18.9 Å². The van der Waals surface area contributed by atoms with Crippen molar-refractivity contribution >= 4 is 17.3 Å². The second-order valence-corrected chi connectivity index (χ2v) is 5.89. The second-order valence-electron chi connectivity index (χ2n) is 5.46. The third-order valence-electron chi connectivity index (χ3n) is 4.05. The summed E-state index contributed by atoms with van der Waals surface area (Å²) in [6.07, 6.45) is 1.81. The molecule has 21 heavy (non-hydrogen) atoms. The minimum absolute atomic E-state index is 0.0279. The Bertz CT molecular complexity index is 627. The Morgan fingerprint density at radius 3 is 2.71 bits per heavy atom. The zero-order valence-corrected chi connectivity index (χ0v) is 12.5. The van der Waals surface area contributed by atoms with E-state index >= 15 is 0 Å². The molecular formula is C17H18ClFN2. The molecule has 1 atom stereocenters. The van der Waals surface area contributed by atoms with Crippen LogP contribution in [0, 0.1) is 5.82 Å². The van der Waals surface area contributed by atoms with E-state index in [-0.39, 0.29) is 11.9 Å². The van der Waals surface area contributed by atoms with Gasteiger partial charge in [0.15, 0.2) is 0 Å². The highest BCUT2D eigenvalue weighted by atomic mass is 35.5. The van der Waals surface area contributed by atoms with Gasteiger partial charge in [-0.2, -0.15) is 0 Å². The van der Waals surface area contributed by atoms with Gasteiger partial charge in [-0.1, -0.05) is 29.8 Å². The van der Waals surface area contributed by atoms with E-state index in [1.54, 1.807) is 6.07 Å². The average Bonchev–Trinajstić information content (AvgIpc) is 2.88. The summed E-state index contributed by atoms with van der Waals surface area (Å²) in [5.41, 5.74) is 9.54. The van der Waals surface area contributed by atoms with Gasteiger partial charge in [0.2, 0.25) is 0 Å². The fraction of sp³-hybridized carbons (Fsp3) is 0.294. The van der Waals surface area contributed by atoms with E-state index in [0.29, 0.717) is 0 Å². The third kappa shape index (κ3) is 3.20. The largest absolute Gasteiger partial charge is 0.371 e. The minimum atomic E-state index is -0.178. The molecule has 0 bridgehead atoms. The van der Waals surface area contributed by atoms with E-state index in [2.05, 4.69) is 4.90 Å². The monoisotopic (exact) mass is 304 g/mol. The van der Waals surface area contributed by atoms with Crippen LogP contribution in [0.2, 0.25) is 5.02 Å². The molecule has 0 fully saturated rings. The van der Waals surface area contributed by atoms with Crippen LogP contribution in [0.4, 0.5) is 10.1 Å². The lowest BCUT2D eigenvalue weighted by atomic mass is 10.0. The molecule has 2 nitrogen and oxygen atoms in total. The van der Waals surface area contributed by atoms with E-state index in [9.17, 15) is 4.39 Å². The second kappa shape index (κ2) is 6.04. The van der Waals surface area contributed by atoms with Gasteiger partial charge in [0.05, 0.1) is 0 Å². The number of anilines is 1. The molecule has 1 aliphatic rings. The van der Waals surface area contributed by atoms with Gasteiger partial charge >= 0.3 is 0 Å². The van der Waals surface area contributed by atoms with Crippen LogP contribution in [-0.2, 0) is 6.42 Å². The lowest BCUT2D eigenvalue weighted by molar-refractivity contribution is 0.622. The maximum Gasteiger partial charge on any atom is 0.125 e. The Labute approximate surface area is 129 Å². The van der Waals surface area contributed by atoms with Crippen molar-refractivity contribution < 1.29 is 4.39 Å². The topological polar surface area (TPSA) is 29.3 Å². The molecule has 0 saturated heterocycles. The van der Waals surface area contributed by atoms with Crippen LogP contribution in [0.3, 0.4) is 0 Å². The van der Waals surface area contributed by atoms with Crippen molar-refractivity contribution in [3.8, 4) is 0 Å². The normalized spacial score (nSPS) is 15.1. The molecular weight excluding hydrogens is 287 g/mol. The maximum absolute atomic E-state index is 13.4. The van der Waals surface area contributed by atoms with E-state index in [1.165, 1.54) is 11.6 Å². The average molecular weight is 305 g/mol. The molecule has 3 rings (SSSR count). The van der Waals surface area contributed by atoms with Crippen molar-refractivity contribution in [3.05, 3.63) is 64.4 Å². The number of fused-ring (bicyclic) bond motifs is 1. The van der Waals surface area contributed by atoms with Gasteiger partial charge in [0, 0.05) is 29.8 Å². The van der Waals surface area contributed by atoms with E-state index in [0.717, 1.165) is 42.2 Å². The van der Waals surface area contributed by atoms with Crippen molar-refractivity contribution in [1.82, 2.24) is 0 Å². The molecule has 2 aromatic carbocycles. The molecule has 4 heteroatoms. The predicted octanol–water partition coefficient (Wildman–Crippen LogP) is 3.93. The molecule has 1 aliphatic heterocycles. The minimum Gasteiger partial charge on any atom is -0.371 e. The lowest BCUT2D eigenvalue weighted by Gasteiger charge is -2.22. The first kappa shape index (κ1) is 14.4. The zero-order valence-electron chi connectivity index (χ0n) is 11.7. The summed E-state index contributed by atoms with van der Waals surface area (Å²) in [5, 5.41) is 0.717. The number of nitrogens with two attached hydrogens (primary N) is 1. The first-order valence-corrected chi connectivity index (χ1v) is 7.56. The number of hydrogen-bond acceptors (Lipinski definition) is 2. The van der Waals surface area contributed by atoms with Gasteiger partial charge in [-0.3, -0.25) is 0 Å². The molecule has 0 aromatic heterocycles. The summed E-state index contributed by atoms with van der Waals surface area (Å²) >= 11 is 5.88. The number of benzene rings is 2. The molecule has 0 spiro atoms. The summed E-state index contributed by atoms with van der Waals surface area (Å²) in [4.78, 5) is 2.22. The standard InChI is InChI=1S/C17H18ClFN2/c18-14-4-1-12(2-5-14)16(20)8-10-21-9-7-13-3-6-15(19)11-17(13)21/h1-6,11,16H,7-10,20H2. The van der Waals surface area contributed by atoms with Crippen LogP contribution in [-0.4, -0.2) is 13.1 Å². The highest BCUT2D eigenvalue weighted by Crippen LogP contribution is 2.29. The van der Waals surface area contributed by atoms with Gasteiger partial charge in [-0.25, -0.2) is 4.39 Å². The van der Waals surface area contributed by atoms with Crippen molar-refractivity contribution in [3.63, 3.8) is 0 Å². The Morgan fingerprint density at radius 2 is 1.95 bits per heavy atom. The SMILES string of the molecule is NC(CCN1CCc2ccc(F)cc21)c1ccc(Cl)cc1. The fourth-order valence-corrected chi connectivity index (χ4v) is 2.95. The smallest absolute Gasteiger partial charge is 0.125 e. The number of nitrogens with zero attached hydrogens (tertiary/aromatic N) is 1. The molecule has 1 heterocycles. The summed E-state index contributed by atoms with van der Waals surface area (Å²) in [6, 6.07) is 12.6. The molecule has 0 saturated carbocycles. The van der Waals surface area contributed by atoms with Crippen LogP contribution in [0.25, 0.3) is 0 Å². The van der Waals surface area contributed by atoms with Crippen LogP contribution < -0.4 is 10.6 Å². The fourth-order valence-electron chi connectivity index (χ4n) is 2.82. The number of rotatable bonds is 4. The zero-order chi connectivity index (χ0) is 14.8. The van der Waals surface area contributed by atoms with Crippen LogP contribution in [0.1, 0.15) is 23.6 Å². The summed E-state index contributed by atoms with van der Waals surface area (Å²) in [6.45, 7) is 1.77. The molecule has 110 valence electrons. The molecule has 0 radical (unpaired) electrons. The van der Waals surface area contributed by atoms with E-state index < -0.39 is 0 Å². The van der Waals surface area contributed by atoms with Crippen molar-refractivity contribution in [1.29, 1.82) is 0 Å². The Hall–Kier alpha value is -1.58.